The minimum absolute atomic E-state index is 0. The lowest BCUT2D eigenvalue weighted by Gasteiger charge is -2.33. The summed E-state index contributed by atoms with van der Waals surface area (Å²) in [5, 5.41) is 12.7. The predicted octanol–water partition coefficient (Wildman–Crippen LogP) is 4.17. The van der Waals surface area contributed by atoms with Crippen LogP contribution < -0.4 is 10.8 Å². The van der Waals surface area contributed by atoms with E-state index < -0.39 is 5.91 Å². The molecule has 0 unspecified atom stereocenters. The number of nitrogens with one attached hydrogen (secondary N) is 2. The van der Waals surface area contributed by atoms with Crippen molar-refractivity contribution in [2.75, 3.05) is 18.4 Å². The van der Waals surface area contributed by atoms with Crippen molar-refractivity contribution in [3.63, 3.8) is 0 Å². The molecule has 1 aliphatic rings. The summed E-state index contributed by atoms with van der Waals surface area (Å²) in [4.78, 5) is 17.8. The van der Waals surface area contributed by atoms with Crippen LogP contribution in [0.2, 0.25) is 5.02 Å². The minimum atomic E-state index is -0.569. The number of hydroxylamine groups is 1. The van der Waals surface area contributed by atoms with Crippen LogP contribution >= 0.6 is 36.4 Å². The highest BCUT2D eigenvalue weighted by Crippen LogP contribution is 2.18. The molecule has 29 heavy (non-hydrogen) atoms. The van der Waals surface area contributed by atoms with Crippen LogP contribution in [0, 0.1) is 0 Å². The molecule has 0 saturated carbocycles. The van der Waals surface area contributed by atoms with E-state index in [1.807, 2.05) is 24.3 Å². The van der Waals surface area contributed by atoms with Crippen LogP contribution in [0.15, 0.2) is 48.7 Å². The highest BCUT2D eigenvalue weighted by Gasteiger charge is 2.20. The Bertz CT molecular complexity index is 785. The monoisotopic (exact) mass is 458 g/mol. The van der Waals surface area contributed by atoms with Crippen molar-refractivity contribution in [3.05, 3.63) is 64.8 Å². The molecule has 1 saturated heterocycles. The Morgan fingerprint density at radius 1 is 1.24 bits per heavy atom. The van der Waals surface area contributed by atoms with Crippen molar-refractivity contribution in [2.45, 2.75) is 25.4 Å². The molecule has 1 aromatic carbocycles. The Kier molecular flexibility index (Phi) is 11.0. The number of aromatic nitrogens is 1. The van der Waals surface area contributed by atoms with Crippen LogP contribution in [-0.4, -0.2) is 40.1 Å². The van der Waals surface area contributed by atoms with E-state index in [1.54, 1.807) is 17.8 Å². The number of pyridine rings is 1. The number of likely N-dealkylation sites (tertiary alicyclic amines) is 1. The maximum absolute atomic E-state index is 11.0. The van der Waals surface area contributed by atoms with E-state index in [0.29, 0.717) is 6.04 Å². The largest absolute Gasteiger partial charge is 0.366 e. The zero-order valence-electron chi connectivity index (χ0n) is 15.8. The molecule has 9 heteroatoms. The number of amides is 1. The van der Waals surface area contributed by atoms with Gasteiger partial charge in [0, 0.05) is 36.4 Å². The first-order valence-electron chi connectivity index (χ1n) is 8.94. The topological polar surface area (TPSA) is 77.5 Å². The van der Waals surface area contributed by atoms with Gasteiger partial charge >= 0.3 is 0 Å². The number of anilines is 1. The Labute approximate surface area is 188 Å². The van der Waals surface area contributed by atoms with Gasteiger partial charge in [0.1, 0.15) is 5.82 Å². The van der Waals surface area contributed by atoms with Gasteiger partial charge in [-0.05, 0) is 60.9 Å². The lowest BCUT2D eigenvalue weighted by Crippen LogP contribution is -2.41. The molecule has 3 rings (SSSR count). The summed E-state index contributed by atoms with van der Waals surface area (Å²) in [7, 11) is 0. The average Bonchev–Trinajstić information content (AvgIpc) is 2.69. The van der Waals surface area contributed by atoms with Crippen molar-refractivity contribution in [1.82, 2.24) is 15.4 Å². The zero-order valence-corrected chi connectivity index (χ0v) is 18.1. The number of nitrogens with zero attached hydrogens (tertiary/aromatic N) is 2. The third-order valence-corrected chi connectivity index (χ3v) is 4.75. The zero-order chi connectivity index (χ0) is 19.1. The van der Waals surface area contributed by atoms with Crippen molar-refractivity contribution in [2.24, 2.45) is 0 Å². The lowest BCUT2D eigenvalue weighted by molar-refractivity contribution is -0.124. The fourth-order valence-corrected chi connectivity index (χ4v) is 3.30. The second-order valence-electron chi connectivity index (χ2n) is 6.63. The molecule has 0 radical (unpaired) electrons. The Balaban J connectivity index is 0.00000210. The molecular formula is C20H25Cl3N4O2. The van der Waals surface area contributed by atoms with E-state index in [2.05, 4.69) is 27.3 Å². The van der Waals surface area contributed by atoms with Gasteiger partial charge in [-0.15, -0.1) is 24.8 Å². The first-order chi connectivity index (χ1) is 13.1. The van der Waals surface area contributed by atoms with E-state index in [9.17, 15) is 4.79 Å². The van der Waals surface area contributed by atoms with Gasteiger partial charge in [-0.25, -0.2) is 10.5 Å². The number of piperidine rings is 1. The molecular weight excluding hydrogens is 435 g/mol. The SMILES string of the molecule is Cl.Cl.O=C(C=Cc1ccc(N[C@@H]2CCCN(Cc3ccc(Cl)cc3)C2)nc1)NO. The van der Waals surface area contributed by atoms with Gasteiger partial charge in [0.25, 0.3) is 5.91 Å². The van der Waals surface area contributed by atoms with Gasteiger partial charge in [-0.3, -0.25) is 14.9 Å². The third kappa shape index (κ3) is 8.20. The summed E-state index contributed by atoms with van der Waals surface area (Å²) in [6.45, 7) is 2.97. The molecule has 0 bridgehead atoms. The Morgan fingerprint density at radius 3 is 2.66 bits per heavy atom. The number of carbonyl (C=O) groups excluding carboxylic acids is 1. The van der Waals surface area contributed by atoms with Gasteiger partial charge < -0.3 is 5.32 Å². The average molecular weight is 460 g/mol. The molecule has 2 aromatic rings. The van der Waals surface area contributed by atoms with Crippen LogP contribution in [0.5, 0.6) is 0 Å². The molecule has 1 atom stereocenters. The molecule has 2 heterocycles. The first-order valence-corrected chi connectivity index (χ1v) is 9.32. The molecule has 0 spiro atoms. The first kappa shape index (κ1) is 25.2. The lowest BCUT2D eigenvalue weighted by atomic mass is 10.0. The molecule has 1 aromatic heterocycles. The smallest absolute Gasteiger partial charge is 0.267 e. The van der Waals surface area contributed by atoms with E-state index in [4.69, 9.17) is 16.8 Å². The highest BCUT2D eigenvalue weighted by atomic mass is 35.5. The molecule has 0 aliphatic carbocycles. The highest BCUT2D eigenvalue weighted by molar-refractivity contribution is 6.30. The standard InChI is InChI=1S/C20H23ClN4O2.2ClH/c21-17-7-3-16(4-8-17)13-25-11-1-2-18(14-25)23-19-9-5-15(12-22-19)6-10-20(26)24-27;;/h3-10,12,18,27H,1-2,11,13-14H2,(H,22,23)(H,24,26);2*1H/t18-;;/m1../s1. The van der Waals surface area contributed by atoms with Gasteiger partial charge in [0.15, 0.2) is 0 Å². The van der Waals surface area contributed by atoms with E-state index >= 15 is 0 Å². The molecule has 1 amide bonds. The van der Waals surface area contributed by atoms with Crippen LogP contribution in [0.4, 0.5) is 5.82 Å². The number of hydrogen-bond donors (Lipinski definition) is 3. The van der Waals surface area contributed by atoms with Gasteiger partial charge in [-0.2, -0.15) is 0 Å². The number of hydrogen-bond acceptors (Lipinski definition) is 5. The molecule has 158 valence electrons. The normalized spacial score (nSPS) is 16.6. The quantitative estimate of drug-likeness (QED) is 0.343. The third-order valence-electron chi connectivity index (χ3n) is 4.50. The van der Waals surface area contributed by atoms with E-state index in [1.165, 1.54) is 11.6 Å². The molecule has 1 fully saturated rings. The second-order valence-corrected chi connectivity index (χ2v) is 7.07. The summed E-state index contributed by atoms with van der Waals surface area (Å²) in [5.74, 6) is 0.247. The summed E-state index contributed by atoms with van der Waals surface area (Å²) >= 11 is 5.96. The summed E-state index contributed by atoms with van der Waals surface area (Å²) in [6, 6.07) is 12.1. The van der Waals surface area contributed by atoms with Gasteiger partial charge in [0.2, 0.25) is 0 Å². The van der Waals surface area contributed by atoms with E-state index in [0.717, 1.165) is 48.9 Å². The number of carbonyl (C=O) groups is 1. The minimum Gasteiger partial charge on any atom is -0.366 e. The summed E-state index contributed by atoms with van der Waals surface area (Å²) in [6.07, 6.45) is 6.79. The summed E-state index contributed by atoms with van der Waals surface area (Å²) < 4.78 is 0. The fraction of sp³-hybridized carbons (Fsp3) is 0.300. The molecule has 3 N–H and O–H groups in total. The fourth-order valence-electron chi connectivity index (χ4n) is 3.17. The van der Waals surface area contributed by atoms with Crippen molar-refractivity contribution < 1.29 is 10.0 Å². The Hall–Kier alpha value is -1.83. The van der Waals surface area contributed by atoms with Crippen molar-refractivity contribution in [1.29, 1.82) is 0 Å². The number of halogens is 3. The van der Waals surface area contributed by atoms with Crippen molar-refractivity contribution >= 4 is 54.2 Å². The second kappa shape index (κ2) is 12.7. The van der Waals surface area contributed by atoms with Gasteiger partial charge in [-0.1, -0.05) is 23.7 Å². The maximum Gasteiger partial charge on any atom is 0.267 e. The van der Waals surface area contributed by atoms with Crippen LogP contribution in [-0.2, 0) is 11.3 Å². The maximum atomic E-state index is 11.0. The Morgan fingerprint density at radius 2 is 2.00 bits per heavy atom. The van der Waals surface area contributed by atoms with Crippen LogP contribution in [0.1, 0.15) is 24.0 Å². The molecule has 6 nitrogen and oxygen atoms in total. The number of benzene rings is 1. The summed E-state index contributed by atoms with van der Waals surface area (Å²) in [5.41, 5.74) is 3.61. The van der Waals surface area contributed by atoms with Gasteiger partial charge in [0.05, 0.1) is 0 Å². The van der Waals surface area contributed by atoms with Crippen molar-refractivity contribution in [3.8, 4) is 0 Å². The van der Waals surface area contributed by atoms with Crippen LogP contribution in [0.25, 0.3) is 6.08 Å². The van der Waals surface area contributed by atoms with Crippen LogP contribution in [0.3, 0.4) is 0 Å². The predicted molar refractivity (Wildman–Crippen MR) is 121 cm³/mol. The molecule has 1 aliphatic heterocycles. The van der Waals surface area contributed by atoms with E-state index in [-0.39, 0.29) is 24.8 Å². The number of rotatable bonds is 6.